The van der Waals surface area contributed by atoms with Gasteiger partial charge in [-0.25, -0.2) is 9.97 Å². The van der Waals surface area contributed by atoms with E-state index in [1.54, 1.807) is 0 Å². The summed E-state index contributed by atoms with van der Waals surface area (Å²) in [6, 6.07) is 7.68. The van der Waals surface area contributed by atoms with Crippen LogP contribution in [0.4, 0.5) is 0 Å². The molecule has 0 saturated carbocycles. The van der Waals surface area contributed by atoms with Gasteiger partial charge in [0, 0.05) is 29.4 Å². The molecule has 0 aliphatic carbocycles. The maximum absolute atomic E-state index is 12.4. The Kier molecular flexibility index (Phi) is 3.91. The Morgan fingerprint density at radius 2 is 2.18 bits per heavy atom. The molecule has 2 atom stereocenters. The number of aliphatic hydroxyl groups excluding tert-OH is 1. The van der Waals surface area contributed by atoms with Crippen LogP contribution in [0.15, 0.2) is 36.4 Å². The first-order valence-electron chi connectivity index (χ1n) is 9.37. The van der Waals surface area contributed by atoms with Crippen LogP contribution in [0.2, 0.25) is 0 Å². The summed E-state index contributed by atoms with van der Waals surface area (Å²) in [5.41, 5.74) is 5.41. The minimum Gasteiger partial charge on any atom is -0.466 e. The van der Waals surface area contributed by atoms with Crippen LogP contribution in [0.1, 0.15) is 34.1 Å². The number of fused-ring (bicyclic) bond motifs is 3. The lowest BCUT2D eigenvalue weighted by atomic mass is 9.94. The van der Waals surface area contributed by atoms with Crippen LogP contribution in [0, 0.1) is 6.92 Å². The molecule has 0 saturated heterocycles. The smallest absolute Gasteiger partial charge is 0.253 e. The molecule has 2 aromatic heterocycles. The first-order chi connectivity index (χ1) is 13.6. The number of nitrogens with one attached hydrogen (secondary N) is 2. The Hall–Kier alpha value is -3.19. The van der Waals surface area contributed by atoms with E-state index in [0.717, 1.165) is 28.9 Å². The van der Waals surface area contributed by atoms with Gasteiger partial charge < -0.3 is 20.1 Å². The van der Waals surface area contributed by atoms with Crippen LogP contribution in [0.25, 0.3) is 22.3 Å². The fraction of sp³-hybridized carbons (Fsp3) is 0.286. The monoisotopic (exact) mass is 376 g/mol. The number of H-pyrrole nitrogens is 1. The van der Waals surface area contributed by atoms with Gasteiger partial charge in [0.15, 0.2) is 0 Å². The number of hydrogen-bond donors (Lipinski definition) is 3. The van der Waals surface area contributed by atoms with E-state index in [4.69, 9.17) is 9.72 Å². The third-order valence-corrected chi connectivity index (χ3v) is 5.34. The molecule has 0 spiro atoms. The second-order valence-corrected chi connectivity index (χ2v) is 7.21. The number of allylic oxidation sites excluding steroid dienone is 1. The molecule has 2 aliphatic rings. The van der Waals surface area contributed by atoms with Crippen LogP contribution in [-0.2, 0) is 0 Å². The van der Waals surface area contributed by atoms with Gasteiger partial charge in [0.25, 0.3) is 5.91 Å². The van der Waals surface area contributed by atoms with Crippen molar-refractivity contribution in [2.45, 2.75) is 25.4 Å². The van der Waals surface area contributed by atoms with E-state index in [-0.39, 0.29) is 18.4 Å². The molecule has 1 aromatic carbocycles. The van der Waals surface area contributed by atoms with Crippen LogP contribution in [0.3, 0.4) is 0 Å². The highest BCUT2D eigenvalue weighted by atomic mass is 16.5. The van der Waals surface area contributed by atoms with Crippen LogP contribution >= 0.6 is 0 Å². The average Bonchev–Trinajstić information content (AvgIpc) is 3.14. The van der Waals surface area contributed by atoms with Crippen molar-refractivity contribution < 1.29 is 14.6 Å². The molecular formula is C21H20N4O3. The summed E-state index contributed by atoms with van der Waals surface area (Å²) >= 11 is 0. The second kappa shape index (κ2) is 6.45. The maximum atomic E-state index is 12.4. The van der Waals surface area contributed by atoms with Crippen LogP contribution in [0.5, 0.6) is 5.88 Å². The van der Waals surface area contributed by atoms with Gasteiger partial charge in [-0.2, -0.15) is 0 Å². The molecule has 7 nitrogen and oxygen atoms in total. The Morgan fingerprint density at radius 3 is 3.04 bits per heavy atom. The molecule has 4 bridgehead atoms. The van der Waals surface area contributed by atoms with Crippen molar-refractivity contribution in [1.82, 2.24) is 20.3 Å². The van der Waals surface area contributed by atoms with E-state index in [1.165, 1.54) is 0 Å². The van der Waals surface area contributed by atoms with Crippen molar-refractivity contribution in [2.75, 3.05) is 13.2 Å². The number of aryl methyl sites for hydroxylation is 1. The van der Waals surface area contributed by atoms with Crippen LogP contribution in [-0.4, -0.2) is 45.2 Å². The number of nitrogens with zero attached hydrogens (tertiary/aromatic N) is 2. The molecular weight excluding hydrogens is 356 g/mol. The van der Waals surface area contributed by atoms with Crippen molar-refractivity contribution in [1.29, 1.82) is 0 Å². The van der Waals surface area contributed by atoms with Crippen molar-refractivity contribution in [3.05, 3.63) is 53.4 Å². The number of hydrogen-bond acceptors (Lipinski definition) is 5. The SMILES string of the molecule is Cc1nc2cccc3c2nc1O[C@@H](CO)/C=C/C[C@H]1CNC(=O)c2cc-3[nH]c21. The molecule has 3 N–H and O–H groups in total. The summed E-state index contributed by atoms with van der Waals surface area (Å²) in [5, 5.41) is 12.7. The average molecular weight is 376 g/mol. The largest absolute Gasteiger partial charge is 0.466 e. The zero-order chi connectivity index (χ0) is 19.3. The van der Waals surface area contributed by atoms with Gasteiger partial charge in [0.05, 0.1) is 17.7 Å². The number of rotatable bonds is 1. The molecule has 5 rings (SSSR count). The Morgan fingerprint density at radius 1 is 1.29 bits per heavy atom. The topological polar surface area (TPSA) is 100 Å². The number of carbonyl (C=O) groups is 1. The molecule has 0 radical (unpaired) electrons. The van der Waals surface area contributed by atoms with Crippen molar-refractivity contribution >= 4 is 16.9 Å². The van der Waals surface area contributed by atoms with Crippen molar-refractivity contribution in [3.63, 3.8) is 0 Å². The summed E-state index contributed by atoms with van der Waals surface area (Å²) in [5.74, 6) is 0.466. The molecule has 142 valence electrons. The lowest BCUT2D eigenvalue weighted by molar-refractivity contribution is 0.0940. The standard InChI is InChI=1S/C21H20N4O3/c1-11-21-25-19-14(6-3-7-16(19)23-11)17-8-15-18(24-17)12(9-22-20(15)27)4-2-5-13(10-26)28-21/h2-3,5-8,12-13,24,26H,4,9-10H2,1H3,(H,22,27)/b5-2+/t12-,13+/m0/s1. The second-order valence-electron chi connectivity index (χ2n) is 7.21. The molecule has 2 aliphatic heterocycles. The summed E-state index contributed by atoms with van der Waals surface area (Å²) in [4.78, 5) is 25.2. The Bertz CT molecular complexity index is 1120. The zero-order valence-corrected chi connectivity index (χ0v) is 15.4. The fourth-order valence-electron chi connectivity index (χ4n) is 3.89. The predicted octanol–water partition coefficient (Wildman–Crippen LogP) is 2.46. The number of para-hydroxylation sites is 1. The molecule has 0 unspecified atom stereocenters. The quantitative estimate of drug-likeness (QED) is 0.567. The number of ether oxygens (including phenoxy) is 1. The number of amides is 1. The van der Waals surface area contributed by atoms with E-state index < -0.39 is 6.10 Å². The third-order valence-electron chi connectivity index (χ3n) is 5.34. The maximum Gasteiger partial charge on any atom is 0.253 e. The minimum atomic E-state index is -0.505. The highest BCUT2D eigenvalue weighted by Crippen LogP contribution is 2.34. The molecule has 7 heteroatoms. The Balaban J connectivity index is 1.78. The van der Waals surface area contributed by atoms with Gasteiger partial charge in [-0.3, -0.25) is 4.79 Å². The minimum absolute atomic E-state index is 0.0655. The summed E-state index contributed by atoms with van der Waals surface area (Å²) in [7, 11) is 0. The summed E-state index contributed by atoms with van der Waals surface area (Å²) < 4.78 is 5.94. The van der Waals surface area contributed by atoms with Gasteiger partial charge in [-0.1, -0.05) is 18.2 Å². The molecule has 1 amide bonds. The van der Waals surface area contributed by atoms with Crippen molar-refractivity contribution in [2.24, 2.45) is 0 Å². The van der Waals surface area contributed by atoms with Gasteiger partial charge in [-0.15, -0.1) is 0 Å². The highest BCUT2D eigenvalue weighted by Gasteiger charge is 2.28. The number of aromatic nitrogens is 3. The first-order valence-corrected chi connectivity index (χ1v) is 9.37. The summed E-state index contributed by atoms with van der Waals surface area (Å²) in [6.07, 6.45) is 4.04. The number of aliphatic hydroxyl groups is 1. The lowest BCUT2D eigenvalue weighted by Crippen LogP contribution is -2.34. The van der Waals surface area contributed by atoms with Gasteiger partial charge >= 0.3 is 0 Å². The molecule has 4 heterocycles. The van der Waals surface area contributed by atoms with E-state index in [9.17, 15) is 9.90 Å². The van der Waals surface area contributed by atoms with Gasteiger partial charge in [0.1, 0.15) is 17.3 Å². The predicted molar refractivity (Wildman–Crippen MR) is 104 cm³/mol. The fourth-order valence-corrected chi connectivity index (χ4v) is 3.89. The normalized spacial score (nSPS) is 22.0. The highest BCUT2D eigenvalue weighted by molar-refractivity contribution is 6.00. The van der Waals surface area contributed by atoms with Gasteiger partial charge in [-0.05, 0) is 31.6 Å². The Labute approximate surface area is 161 Å². The van der Waals surface area contributed by atoms with E-state index in [2.05, 4.69) is 15.3 Å². The van der Waals surface area contributed by atoms with E-state index in [0.29, 0.717) is 29.2 Å². The number of benzene rings is 1. The van der Waals surface area contributed by atoms with E-state index in [1.807, 2.05) is 43.3 Å². The van der Waals surface area contributed by atoms with Gasteiger partial charge in [0.2, 0.25) is 5.88 Å². The van der Waals surface area contributed by atoms with Crippen LogP contribution < -0.4 is 10.1 Å². The lowest BCUT2D eigenvalue weighted by Gasteiger charge is -2.22. The molecule has 28 heavy (non-hydrogen) atoms. The molecule has 0 fully saturated rings. The van der Waals surface area contributed by atoms with Crippen molar-refractivity contribution in [3.8, 4) is 17.1 Å². The third kappa shape index (κ3) is 2.66. The number of aromatic amines is 1. The first kappa shape index (κ1) is 16.9. The summed E-state index contributed by atoms with van der Waals surface area (Å²) in [6.45, 7) is 2.25. The van der Waals surface area contributed by atoms with E-state index >= 15 is 0 Å². The number of carbonyl (C=O) groups excluding carboxylic acids is 1. The zero-order valence-electron chi connectivity index (χ0n) is 15.4. The molecule has 3 aromatic rings.